The maximum atomic E-state index is 9.25. The van der Waals surface area contributed by atoms with Crippen LogP contribution in [0.1, 0.15) is 0 Å². The molecule has 1 aromatic rings. The number of phenols is 2. The van der Waals surface area contributed by atoms with Crippen LogP contribution in [-0.2, 0) is 0 Å². The SMILES string of the molecule is CN(C)c1cc(O)ccc1O. The molecule has 11 heavy (non-hydrogen) atoms. The fraction of sp³-hybridized carbons (Fsp3) is 0.250. The van der Waals surface area contributed by atoms with Crippen molar-refractivity contribution in [3.05, 3.63) is 18.2 Å². The van der Waals surface area contributed by atoms with Gasteiger partial charge in [0.2, 0.25) is 0 Å². The molecular formula is C8H11NO2. The molecular weight excluding hydrogens is 142 g/mol. The van der Waals surface area contributed by atoms with Gasteiger partial charge in [-0.15, -0.1) is 0 Å². The quantitative estimate of drug-likeness (QED) is 0.595. The van der Waals surface area contributed by atoms with E-state index in [1.165, 1.54) is 18.2 Å². The number of hydrogen-bond acceptors (Lipinski definition) is 3. The van der Waals surface area contributed by atoms with Crippen LogP contribution in [-0.4, -0.2) is 24.3 Å². The molecule has 0 spiro atoms. The Morgan fingerprint density at radius 3 is 2.27 bits per heavy atom. The van der Waals surface area contributed by atoms with Crippen molar-refractivity contribution >= 4 is 5.69 Å². The Labute approximate surface area is 65.5 Å². The Kier molecular flexibility index (Phi) is 1.89. The molecule has 0 atom stereocenters. The van der Waals surface area contributed by atoms with Crippen LogP contribution in [0.15, 0.2) is 18.2 Å². The van der Waals surface area contributed by atoms with E-state index in [1.54, 1.807) is 19.0 Å². The van der Waals surface area contributed by atoms with Crippen molar-refractivity contribution in [1.82, 2.24) is 0 Å². The van der Waals surface area contributed by atoms with Crippen molar-refractivity contribution in [1.29, 1.82) is 0 Å². The first-order valence-electron chi connectivity index (χ1n) is 3.30. The van der Waals surface area contributed by atoms with Crippen molar-refractivity contribution in [2.24, 2.45) is 0 Å². The number of anilines is 1. The lowest BCUT2D eigenvalue weighted by Gasteiger charge is -2.13. The summed E-state index contributed by atoms with van der Waals surface area (Å²) in [6.45, 7) is 0. The zero-order valence-electron chi connectivity index (χ0n) is 6.57. The minimum absolute atomic E-state index is 0.159. The molecule has 0 fully saturated rings. The van der Waals surface area contributed by atoms with E-state index in [4.69, 9.17) is 5.11 Å². The summed E-state index contributed by atoms with van der Waals surface area (Å²) in [6, 6.07) is 4.42. The summed E-state index contributed by atoms with van der Waals surface area (Å²) < 4.78 is 0. The minimum atomic E-state index is 0.159. The van der Waals surface area contributed by atoms with Gasteiger partial charge >= 0.3 is 0 Å². The molecule has 60 valence electrons. The van der Waals surface area contributed by atoms with E-state index < -0.39 is 0 Å². The highest BCUT2D eigenvalue weighted by Gasteiger charge is 2.02. The zero-order valence-corrected chi connectivity index (χ0v) is 6.57. The number of benzene rings is 1. The van der Waals surface area contributed by atoms with Gasteiger partial charge in [0.1, 0.15) is 11.5 Å². The molecule has 1 aromatic carbocycles. The second kappa shape index (κ2) is 2.70. The third-order valence-electron chi connectivity index (χ3n) is 1.44. The lowest BCUT2D eigenvalue weighted by atomic mass is 10.2. The molecule has 2 N–H and O–H groups in total. The maximum absolute atomic E-state index is 9.25. The lowest BCUT2D eigenvalue weighted by molar-refractivity contribution is 0.460. The summed E-state index contributed by atoms with van der Waals surface area (Å²) in [5.74, 6) is 0.333. The van der Waals surface area contributed by atoms with Crippen molar-refractivity contribution in [3.8, 4) is 11.5 Å². The first-order chi connectivity index (χ1) is 5.11. The van der Waals surface area contributed by atoms with E-state index in [0.717, 1.165) is 0 Å². The predicted octanol–water partition coefficient (Wildman–Crippen LogP) is 1.16. The van der Waals surface area contributed by atoms with Crippen LogP contribution in [0, 0.1) is 0 Å². The molecule has 0 radical (unpaired) electrons. The smallest absolute Gasteiger partial charge is 0.139 e. The van der Waals surface area contributed by atoms with Gasteiger partial charge in [0, 0.05) is 20.2 Å². The number of rotatable bonds is 1. The van der Waals surface area contributed by atoms with Crippen LogP contribution in [0.3, 0.4) is 0 Å². The van der Waals surface area contributed by atoms with E-state index in [0.29, 0.717) is 5.69 Å². The van der Waals surface area contributed by atoms with Crippen LogP contribution in [0.5, 0.6) is 11.5 Å². The lowest BCUT2D eigenvalue weighted by Crippen LogP contribution is -2.08. The summed E-state index contributed by atoms with van der Waals surface area (Å²) in [5.41, 5.74) is 0.616. The monoisotopic (exact) mass is 153 g/mol. The Bertz CT molecular complexity index is 258. The van der Waals surface area contributed by atoms with E-state index >= 15 is 0 Å². The van der Waals surface area contributed by atoms with E-state index in [-0.39, 0.29) is 11.5 Å². The van der Waals surface area contributed by atoms with Gasteiger partial charge in [0.05, 0.1) is 5.69 Å². The molecule has 0 aliphatic heterocycles. The summed E-state index contributed by atoms with van der Waals surface area (Å²) >= 11 is 0. The molecule has 0 aromatic heterocycles. The van der Waals surface area contributed by atoms with E-state index in [9.17, 15) is 5.11 Å². The molecule has 0 unspecified atom stereocenters. The fourth-order valence-electron chi connectivity index (χ4n) is 0.870. The van der Waals surface area contributed by atoms with E-state index in [1.807, 2.05) is 0 Å². The molecule has 0 saturated carbocycles. The molecule has 0 heterocycles. The van der Waals surface area contributed by atoms with Gasteiger partial charge in [-0.1, -0.05) is 0 Å². The van der Waals surface area contributed by atoms with Gasteiger partial charge in [0.25, 0.3) is 0 Å². The first kappa shape index (κ1) is 7.72. The first-order valence-corrected chi connectivity index (χ1v) is 3.30. The van der Waals surface area contributed by atoms with Crippen molar-refractivity contribution in [2.45, 2.75) is 0 Å². The molecule has 0 aliphatic rings. The topological polar surface area (TPSA) is 43.7 Å². The number of phenolic OH excluding ortho intramolecular Hbond substituents is 2. The molecule has 0 bridgehead atoms. The Balaban J connectivity index is 3.13. The summed E-state index contributed by atoms with van der Waals surface area (Å²) in [5, 5.41) is 18.3. The summed E-state index contributed by atoms with van der Waals surface area (Å²) in [4.78, 5) is 1.73. The average Bonchev–Trinajstić information content (AvgIpc) is 1.94. The summed E-state index contributed by atoms with van der Waals surface area (Å²) in [7, 11) is 3.60. The second-order valence-electron chi connectivity index (χ2n) is 2.57. The molecule has 0 saturated heterocycles. The normalized spacial score (nSPS) is 9.64. The van der Waals surface area contributed by atoms with Gasteiger partial charge < -0.3 is 15.1 Å². The molecule has 0 amide bonds. The van der Waals surface area contributed by atoms with Crippen molar-refractivity contribution in [3.63, 3.8) is 0 Å². The molecule has 3 heteroatoms. The highest BCUT2D eigenvalue weighted by molar-refractivity contribution is 5.59. The second-order valence-corrected chi connectivity index (χ2v) is 2.57. The molecule has 3 nitrogen and oxygen atoms in total. The van der Waals surface area contributed by atoms with Gasteiger partial charge in [0.15, 0.2) is 0 Å². The standard InChI is InChI=1S/C8H11NO2/c1-9(2)7-5-6(10)3-4-8(7)11/h3-5,10-11H,1-2H3. The highest BCUT2D eigenvalue weighted by atomic mass is 16.3. The minimum Gasteiger partial charge on any atom is -0.508 e. The predicted molar refractivity (Wildman–Crippen MR) is 44.1 cm³/mol. The van der Waals surface area contributed by atoms with Gasteiger partial charge in [-0.05, 0) is 12.1 Å². The largest absolute Gasteiger partial charge is 0.508 e. The third-order valence-corrected chi connectivity index (χ3v) is 1.44. The number of nitrogens with zero attached hydrogens (tertiary/aromatic N) is 1. The van der Waals surface area contributed by atoms with Gasteiger partial charge in [-0.3, -0.25) is 0 Å². The number of hydrogen-bond donors (Lipinski definition) is 2. The van der Waals surface area contributed by atoms with Crippen LogP contribution < -0.4 is 4.90 Å². The Hall–Kier alpha value is -1.38. The van der Waals surface area contributed by atoms with Crippen LogP contribution in [0.2, 0.25) is 0 Å². The van der Waals surface area contributed by atoms with Crippen LogP contribution >= 0.6 is 0 Å². The van der Waals surface area contributed by atoms with Crippen molar-refractivity contribution < 1.29 is 10.2 Å². The van der Waals surface area contributed by atoms with E-state index in [2.05, 4.69) is 0 Å². The maximum Gasteiger partial charge on any atom is 0.139 e. The van der Waals surface area contributed by atoms with Gasteiger partial charge in [-0.2, -0.15) is 0 Å². The zero-order chi connectivity index (χ0) is 8.43. The fourth-order valence-corrected chi connectivity index (χ4v) is 0.870. The summed E-state index contributed by atoms with van der Waals surface area (Å²) in [6.07, 6.45) is 0. The van der Waals surface area contributed by atoms with Crippen molar-refractivity contribution in [2.75, 3.05) is 19.0 Å². The highest BCUT2D eigenvalue weighted by Crippen LogP contribution is 2.28. The Morgan fingerprint density at radius 2 is 1.82 bits per heavy atom. The third kappa shape index (κ3) is 1.55. The molecule has 0 aliphatic carbocycles. The Morgan fingerprint density at radius 1 is 1.18 bits per heavy atom. The number of aromatic hydroxyl groups is 2. The average molecular weight is 153 g/mol. The van der Waals surface area contributed by atoms with Gasteiger partial charge in [-0.25, -0.2) is 0 Å². The van der Waals surface area contributed by atoms with Crippen LogP contribution in [0.25, 0.3) is 0 Å². The van der Waals surface area contributed by atoms with Crippen LogP contribution in [0.4, 0.5) is 5.69 Å². The molecule has 1 rings (SSSR count).